The van der Waals surface area contributed by atoms with Gasteiger partial charge in [0, 0.05) is 12.6 Å². The van der Waals surface area contributed by atoms with Gasteiger partial charge in [-0.2, -0.15) is 0 Å². The first-order chi connectivity index (χ1) is 12.6. The maximum atomic E-state index is 12.0. The Labute approximate surface area is 154 Å². The second kappa shape index (κ2) is 9.65. The highest BCUT2D eigenvalue weighted by Gasteiger charge is 2.09. The topological polar surface area (TPSA) is 72.5 Å². The first-order valence-corrected chi connectivity index (χ1v) is 8.79. The Hall–Kier alpha value is -2.76. The van der Waals surface area contributed by atoms with Crippen LogP contribution in [0.3, 0.4) is 0 Å². The fraction of sp³-hybridized carbons (Fsp3) is 0.400. The number of nitrogens with zero attached hydrogens (tertiary/aromatic N) is 1. The van der Waals surface area contributed by atoms with Gasteiger partial charge < -0.3 is 20.1 Å². The molecule has 2 aromatic rings. The third kappa shape index (κ3) is 5.37. The lowest BCUT2D eigenvalue weighted by Gasteiger charge is -2.12. The van der Waals surface area contributed by atoms with Crippen LogP contribution in [0.15, 0.2) is 36.5 Å². The van der Waals surface area contributed by atoms with E-state index in [-0.39, 0.29) is 11.9 Å². The van der Waals surface area contributed by atoms with E-state index < -0.39 is 0 Å². The summed E-state index contributed by atoms with van der Waals surface area (Å²) in [5, 5.41) is 6.22. The summed E-state index contributed by atoms with van der Waals surface area (Å²) in [5.41, 5.74) is 2.45. The SMILES string of the molecule is CCC(C)NC(=O)c1ccc(NCCc2ccc(OC)c(OC)c2)cn1. The number of carbonyl (C=O) groups excluding carboxylic acids is 1. The molecule has 140 valence electrons. The molecule has 0 aliphatic rings. The van der Waals surface area contributed by atoms with Crippen LogP contribution in [-0.2, 0) is 6.42 Å². The summed E-state index contributed by atoms with van der Waals surface area (Å²) in [6, 6.07) is 9.64. The molecule has 1 aromatic heterocycles. The molecular weight excluding hydrogens is 330 g/mol. The van der Waals surface area contributed by atoms with E-state index in [2.05, 4.69) is 15.6 Å². The molecule has 6 heteroatoms. The number of hydrogen-bond acceptors (Lipinski definition) is 5. The van der Waals surface area contributed by atoms with Crippen LogP contribution in [0.1, 0.15) is 36.3 Å². The van der Waals surface area contributed by atoms with Crippen LogP contribution in [0.2, 0.25) is 0 Å². The van der Waals surface area contributed by atoms with E-state index in [1.807, 2.05) is 38.1 Å². The van der Waals surface area contributed by atoms with Gasteiger partial charge in [0.05, 0.1) is 26.1 Å². The molecule has 1 atom stereocenters. The number of benzene rings is 1. The maximum absolute atomic E-state index is 12.0. The van der Waals surface area contributed by atoms with Gasteiger partial charge in [0.15, 0.2) is 11.5 Å². The number of methoxy groups -OCH3 is 2. The van der Waals surface area contributed by atoms with Gasteiger partial charge in [0.2, 0.25) is 0 Å². The molecule has 0 bridgehead atoms. The van der Waals surface area contributed by atoms with Crippen molar-refractivity contribution in [2.24, 2.45) is 0 Å². The fourth-order valence-electron chi connectivity index (χ4n) is 2.42. The second-order valence-electron chi connectivity index (χ2n) is 6.08. The largest absolute Gasteiger partial charge is 0.493 e. The number of rotatable bonds is 9. The van der Waals surface area contributed by atoms with Crippen LogP contribution < -0.4 is 20.1 Å². The number of carbonyl (C=O) groups is 1. The van der Waals surface area contributed by atoms with Crippen molar-refractivity contribution in [2.75, 3.05) is 26.1 Å². The molecule has 0 aliphatic carbocycles. The highest BCUT2D eigenvalue weighted by molar-refractivity contribution is 5.92. The van der Waals surface area contributed by atoms with E-state index in [0.29, 0.717) is 5.69 Å². The number of hydrogen-bond donors (Lipinski definition) is 2. The number of ether oxygens (including phenoxy) is 2. The molecule has 1 heterocycles. The van der Waals surface area contributed by atoms with Gasteiger partial charge in [-0.15, -0.1) is 0 Å². The predicted octanol–water partition coefficient (Wildman–Crippen LogP) is 3.28. The molecule has 26 heavy (non-hydrogen) atoms. The number of anilines is 1. The number of amides is 1. The molecule has 1 amide bonds. The highest BCUT2D eigenvalue weighted by Crippen LogP contribution is 2.27. The number of pyridine rings is 1. The molecule has 6 nitrogen and oxygen atoms in total. The van der Waals surface area contributed by atoms with Crippen molar-refractivity contribution in [3.63, 3.8) is 0 Å². The normalized spacial score (nSPS) is 11.5. The van der Waals surface area contributed by atoms with E-state index in [1.54, 1.807) is 26.5 Å². The Morgan fingerprint density at radius 3 is 2.54 bits per heavy atom. The van der Waals surface area contributed by atoms with Crippen molar-refractivity contribution in [1.29, 1.82) is 0 Å². The predicted molar refractivity (Wildman–Crippen MR) is 103 cm³/mol. The zero-order valence-corrected chi connectivity index (χ0v) is 15.8. The van der Waals surface area contributed by atoms with Crippen molar-refractivity contribution in [2.45, 2.75) is 32.7 Å². The van der Waals surface area contributed by atoms with E-state index in [0.717, 1.165) is 42.1 Å². The standard InChI is InChI=1S/C20H27N3O3/c1-5-14(2)23-20(24)17-8-7-16(13-22-17)21-11-10-15-6-9-18(25-3)19(12-15)26-4/h6-9,12-14,21H,5,10-11H2,1-4H3,(H,23,24). The zero-order chi connectivity index (χ0) is 18.9. The lowest BCUT2D eigenvalue weighted by atomic mass is 10.1. The Morgan fingerprint density at radius 1 is 1.15 bits per heavy atom. The molecule has 1 aromatic carbocycles. The van der Waals surface area contributed by atoms with Gasteiger partial charge in [-0.3, -0.25) is 4.79 Å². The van der Waals surface area contributed by atoms with Gasteiger partial charge in [-0.1, -0.05) is 13.0 Å². The van der Waals surface area contributed by atoms with Gasteiger partial charge in [0.1, 0.15) is 5.69 Å². The van der Waals surface area contributed by atoms with Crippen LogP contribution in [0.25, 0.3) is 0 Å². The molecule has 0 spiro atoms. The summed E-state index contributed by atoms with van der Waals surface area (Å²) in [6.45, 7) is 4.75. The van der Waals surface area contributed by atoms with Gasteiger partial charge in [-0.25, -0.2) is 4.98 Å². The Morgan fingerprint density at radius 2 is 1.92 bits per heavy atom. The lowest BCUT2D eigenvalue weighted by molar-refractivity contribution is 0.0934. The Kier molecular flexibility index (Phi) is 7.26. The molecule has 2 N–H and O–H groups in total. The first-order valence-electron chi connectivity index (χ1n) is 8.79. The second-order valence-corrected chi connectivity index (χ2v) is 6.08. The summed E-state index contributed by atoms with van der Waals surface area (Å²) < 4.78 is 10.6. The summed E-state index contributed by atoms with van der Waals surface area (Å²) in [7, 11) is 3.25. The van der Waals surface area contributed by atoms with Crippen LogP contribution >= 0.6 is 0 Å². The molecule has 0 radical (unpaired) electrons. The molecule has 0 aliphatic heterocycles. The van der Waals surface area contributed by atoms with Crippen LogP contribution in [0, 0.1) is 0 Å². The Balaban J connectivity index is 1.87. The maximum Gasteiger partial charge on any atom is 0.270 e. The molecule has 1 unspecified atom stereocenters. The fourth-order valence-corrected chi connectivity index (χ4v) is 2.42. The first kappa shape index (κ1) is 19.6. The van der Waals surface area contributed by atoms with Crippen molar-refractivity contribution < 1.29 is 14.3 Å². The summed E-state index contributed by atoms with van der Waals surface area (Å²) in [4.78, 5) is 16.3. The molecule has 0 saturated carbocycles. The van der Waals surface area contributed by atoms with Crippen molar-refractivity contribution in [3.8, 4) is 11.5 Å². The smallest absolute Gasteiger partial charge is 0.270 e. The van der Waals surface area contributed by atoms with E-state index >= 15 is 0 Å². The minimum absolute atomic E-state index is 0.142. The van der Waals surface area contributed by atoms with Crippen LogP contribution in [0.4, 0.5) is 5.69 Å². The monoisotopic (exact) mass is 357 g/mol. The highest BCUT2D eigenvalue weighted by atomic mass is 16.5. The summed E-state index contributed by atoms with van der Waals surface area (Å²) in [6.07, 6.45) is 3.40. The molecular formula is C20H27N3O3. The molecule has 2 rings (SSSR count). The average Bonchev–Trinajstić information content (AvgIpc) is 2.68. The van der Waals surface area contributed by atoms with Crippen molar-refractivity contribution in [3.05, 3.63) is 47.8 Å². The zero-order valence-electron chi connectivity index (χ0n) is 15.8. The lowest BCUT2D eigenvalue weighted by Crippen LogP contribution is -2.32. The number of nitrogens with one attached hydrogen (secondary N) is 2. The minimum atomic E-state index is -0.142. The van der Waals surface area contributed by atoms with Gasteiger partial charge >= 0.3 is 0 Å². The quantitative estimate of drug-likeness (QED) is 0.720. The van der Waals surface area contributed by atoms with Crippen molar-refractivity contribution in [1.82, 2.24) is 10.3 Å². The Bertz CT molecular complexity index is 717. The van der Waals surface area contributed by atoms with Gasteiger partial charge in [0.25, 0.3) is 5.91 Å². The average molecular weight is 357 g/mol. The van der Waals surface area contributed by atoms with E-state index in [9.17, 15) is 4.79 Å². The summed E-state index contributed by atoms with van der Waals surface area (Å²) in [5.74, 6) is 1.30. The van der Waals surface area contributed by atoms with Crippen molar-refractivity contribution >= 4 is 11.6 Å². The molecule has 0 fully saturated rings. The van der Waals surface area contributed by atoms with Crippen LogP contribution in [-0.4, -0.2) is 37.7 Å². The summed E-state index contributed by atoms with van der Waals surface area (Å²) >= 11 is 0. The minimum Gasteiger partial charge on any atom is -0.493 e. The number of aromatic nitrogens is 1. The van der Waals surface area contributed by atoms with E-state index in [1.165, 1.54) is 0 Å². The molecule has 0 saturated heterocycles. The van der Waals surface area contributed by atoms with Gasteiger partial charge in [-0.05, 0) is 49.6 Å². The van der Waals surface area contributed by atoms with Crippen LogP contribution in [0.5, 0.6) is 11.5 Å². The third-order valence-corrected chi connectivity index (χ3v) is 4.18. The van der Waals surface area contributed by atoms with E-state index in [4.69, 9.17) is 9.47 Å². The third-order valence-electron chi connectivity index (χ3n) is 4.18.